The molecule has 5 aromatic rings. The summed E-state index contributed by atoms with van der Waals surface area (Å²) in [6.07, 6.45) is -4.82. The van der Waals surface area contributed by atoms with Gasteiger partial charge < -0.3 is 20.2 Å². The van der Waals surface area contributed by atoms with Crippen LogP contribution in [-0.2, 0) is 12.8 Å². The van der Waals surface area contributed by atoms with Crippen molar-refractivity contribution in [3.05, 3.63) is 99.2 Å². The molecule has 0 saturated carbocycles. The quantitative estimate of drug-likeness (QED) is 0.186. The molecule has 210 valence electrons. The Morgan fingerprint density at radius 1 is 1.10 bits per heavy atom. The zero-order valence-corrected chi connectivity index (χ0v) is 22.5. The van der Waals surface area contributed by atoms with E-state index in [1.54, 1.807) is 18.2 Å². The number of nitrogens with zero attached hydrogens (tertiary/aromatic N) is 1. The molecule has 3 heterocycles. The molecule has 13 heteroatoms. The zero-order valence-electron chi connectivity index (χ0n) is 20.9. The van der Waals surface area contributed by atoms with Crippen molar-refractivity contribution in [2.75, 3.05) is 5.32 Å². The monoisotopic (exact) mass is 603 g/mol. The van der Waals surface area contributed by atoms with Gasteiger partial charge >= 0.3 is 6.18 Å². The van der Waals surface area contributed by atoms with E-state index in [9.17, 15) is 27.2 Å². The predicted octanol–water partition coefficient (Wildman–Crippen LogP) is 7.61. The lowest BCUT2D eigenvalue weighted by Gasteiger charge is -2.12. The minimum absolute atomic E-state index is 0.0128. The van der Waals surface area contributed by atoms with E-state index < -0.39 is 29.5 Å². The van der Waals surface area contributed by atoms with E-state index in [1.807, 2.05) is 6.92 Å². The van der Waals surface area contributed by atoms with Crippen molar-refractivity contribution >= 4 is 50.7 Å². The van der Waals surface area contributed by atoms with Crippen molar-refractivity contribution in [3.63, 3.8) is 0 Å². The number of amides is 2. The summed E-state index contributed by atoms with van der Waals surface area (Å²) in [5.41, 5.74) is 5.12. The number of nitrogens with one attached hydrogen (secondary N) is 1. The van der Waals surface area contributed by atoms with E-state index in [0.717, 1.165) is 23.8 Å². The molecule has 2 aromatic carbocycles. The van der Waals surface area contributed by atoms with Gasteiger partial charge in [0.15, 0.2) is 5.76 Å². The maximum atomic E-state index is 13.7. The van der Waals surface area contributed by atoms with E-state index in [0.29, 0.717) is 27.9 Å². The first-order valence-corrected chi connectivity index (χ1v) is 13.0. The second kappa shape index (κ2) is 10.9. The van der Waals surface area contributed by atoms with Gasteiger partial charge in [0.1, 0.15) is 39.3 Å². The molecule has 0 fully saturated rings. The number of primary amides is 1. The van der Waals surface area contributed by atoms with Crippen molar-refractivity contribution in [1.29, 1.82) is 0 Å². The summed E-state index contributed by atoms with van der Waals surface area (Å²) in [4.78, 5) is 28.7. The Bertz CT molecular complexity index is 1800. The average molecular weight is 604 g/mol. The van der Waals surface area contributed by atoms with Crippen LogP contribution in [0.15, 0.2) is 65.1 Å². The third kappa shape index (κ3) is 5.88. The molecule has 0 aliphatic carbocycles. The Morgan fingerprint density at radius 2 is 1.83 bits per heavy atom. The minimum atomic E-state index is -4.82. The highest BCUT2D eigenvalue weighted by Gasteiger charge is 2.35. The molecule has 0 spiro atoms. The number of halogens is 5. The average Bonchev–Trinajstić information content (AvgIpc) is 3.54. The van der Waals surface area contributed by atoms with Crippen molar-refractivity contribution in [1.82, 2.24) is 4.98 Å². The molecule has 5 rings (SSSR count). The molecular weight excluding hydrogens is 586 g/mol. The molecular formula is C28H18ClF4N3O4S. The predicted molar refractivity (Wildman–Crippen MR) is 146 cm³/mol. The van der Waals surface area contributed by atoms with Crippen LogP contribution < -0.4 is 15.8 Å². The maximum absolute atomic E-state index is 13.7. The molecule has 41 heavy (non-hydrogen) atoms. The van der Waals surface area contributed by atoms with Crippen LogP contribution in [-0.4, -0.2) is 16.8 Å². The number of pyridine rings is 1. The van der Waals surface area contributed by atoms with Crippen LogP contribution >= 0.6 is 22.9 Å². The Balaban J connectivity index is 1.50. The lowest BCUT2D eigenvalue weighted by molar-refractivity contribution is -0.140. The second-order valence-electron chi connectivity index (χ2n) is 8.83. The molecule has 0 aliphatic rings. The van der Waals surface area contributed by atoms with E-state index in [4.69, 9.17) is 26.5 Å². The SMILES string of the molecule is Cc1cc(OCc2ccc(C(=O)Nc3c(C(N)=O)sc4nc(C(F)(F)F)cc(-c5ccc(F)cc5)c34)o2)ccc1Cl. The van der Waals surface area contributed by atoms with Crippen LogP contribution in [0.5, 0.6) is 5.75 Å². The fraction of sp³-hybridized carbons (Fsp3) is 0.107. The van der Waals surface area contributed by atoms with Gasteiger partial charge in [0.25, 0.3) is 11.8 Å². The smallest absolute Gasteiger partial charge is 0.433 e. The fourth-order valence-electron chi connectivity index (χ4n) is 4.01. The molecule has 3 aromatic heterocycles. The van der Waals surface area contributed by atoms with Crippen LogP contribution in [0, 0.1) is 12.7 Å². The lowest BCUT2D eigenvalue weighted by Crippen LogP contribution is -2.16. The highest BCUT2D eigenvalue weighted by atomic mass is 35.5. The number of furan rings is 1. The normalized spacial score (nSPS) is 11.6. The number of rotatable bonds is 7. The third-order valence-electron chi connectivity index (χ3n) is 5.97. The molecule has 3 N–H and O–H groups in total. The summed E-state index contributed by atoms with van der Waals surface area (Å²) >= 11 is 6.61. The number of carbonyl (C=O) groups excluding carboxylic acids is 2. The van der Waals surface area contributed by atoms with E-state index in [-0.39, 0.29) is 44.3 Å². The first-order valence-electron chi connectivity index (χ1n) is 11.8. The van der Waals surface area contributed by atoms with Gasteiger partial charge in [-0.25, -0.2) is 9.37 Å². The Hall–Kier alpha value is -4.42. The largest absolute Gasteiger partial charge is 0.486 e. The van der Waals surface area contributed by atoms with Crippen LogP contribution in [0.1, 0.15) is 37.2 Å². The van der Waals surface area contributed by atoms with Crippen molar-refractivity contribution in [2.45, 2.75) is 19.7 Å². The molecule has 2 amide bonds. The number of benzene rings is 2. The summed E-state index contributed by atoms with van der Waals surface area (Å²) in [6.45, 7) is 1.81. The molecule has 7 nitrogen and oxygen atoms in total. The highest BCUT2D eigenvalue weighted by molar-refractivity contribution is 7.21. The van der Waals surface area contributed by atoms with Crippen LogP contribution in [0.4, 0.5) is 23.2 Å². The van der Waals surface area contributed by atoms with Gasteiger partial charge in [0.2, 0.25) is 0 Å². The number of carbonyl (C=O) groups is 2. The summed E-state index contributed by atoms with van der Waals surface area (Å²) < 4.78 is 65.9. The Labute approximate surface area is 238 Å². The minimum Gasteiger partial charge on any atom is -0.486 e. The van der Waals surface area contributed by atoms with Gasteiger partial charge in [-0.15, -0.1) is 11.3 Å². The van der Waals surface area contributed by atoms with Gasteiger partial charge in [-0.3, -0.25) is 9.59 Å². The second-order valence-corrected chi connectivity index (χ2v) is 10.2. The number of aryl methyl sites for hydroxylation is 1. The number of fused-ring (bicyclic) bond motifs is 1. The van der Waals surface area contributed by atoms with Gasteiger partial charge in [-0.2, -0.15) is 13.2 Å². The number of hydrogen-bond donors (Lipinski definition) is 2. The summed E-state index contributed by atoms with van der Waals surface area (Å²) in [5.74, 6) is -1.72. The van der Waals surface area contributed by atoms with Crippen molar-refractivity contribution in [2.24, 2.45) is 5.73 Å². The summed E-state index contributed by atoms with van der Waals surface area (Å²) in [7, 11) is 0. The molecule has 0 aliphatic heterocycles. The van der Waals surface area contributed by atoms with Gasteiger partial charge in [0, 0.05) is 10.4 Å². The first-order chi connectivity index (χ1) is 19.4. The number of anilines is 1. The highest BCUT2D eigenvalue weighted by Crippen LogP contribution is 2.43. The zero-order chi connectivity index (χ0) is 29.5. The lowest BCUT2D eigenvalue weighted by atomic mass is 10.0. The topological polar surface area (TPSA) is 107 Å². The van der Waals surface area contributed by atoms with E-state index in [1.165, 1.54) is 24.3 Å². The summed E-state index contributed by atoms with van der Waals surface area (Å²) in [5, 5.41) is 3.15. The molecule has 0 radical (unpaired) electrons. The Kier molecular flexibility index (Phi) is 7.45. The number of ether oxygens (including phenoxy) is 1. The summed E-state index contributed by atoms with van der Waals surface area (Å²) in [6, 6.07) is 13.5. The van der Waals surface area contributed by atoms with Crippen LogP contribution in [0.3, 0.4) is 0 Å². The number of aromatic nitrogens is 1. The number of hydrogen-bond acceptors (Lipinski definition) is 6. The number of alkyl halides is 3. The standard InChI is InChI=1S/C28H18ClF4N3O4S/c1-13-10-16(6-8-19(13)29)39-12-17-7-9-20(40-17)26(38)36-23-22-18(14-2-4-15(30)5-3-14)11-21(28(31,32)33)35-27(22)41-24(23)25(34)37/h2-11H,12H2,1H3,(H2,34,37)(H,36,38). The van der Waals surface area contributed by atoms with Gasteiger partial charge in [0.05, 0.1) is 5.69 Å². The van der Waals surface area contributed by atoms with Crippen molar-refractivity contribution < 1.29 is 36.3 Å². The Morgan fingerprint density at radius 3 is 2.49 bits per heavy atom. The fourth-order valence-corrected chi connectivity index (χ4v) is 5.13. The molecule has 0 atom stereocenters. The van der Waals surface area contributed by atoms with Gasteiger partial charge in [-0.1, -0.05) is 23.7 Å². The number of thiophene rings is 1. The van der Waals surface area contributed by atoms with Crippen LogP contribution in [0.25, 0.3) is 21.3 Å². The molecule has 0 saturated heterocycles. The van der Waals surface area contributed by atoms with Crippen LogP contribution in [0.2, 0.25) is 5.02 Å². The van der Waals surface area contributed by atoms with E-state index in [2.05, 4.69) is 10.3 Å². The maximum Gasteiger partial charge on any atom is 0.433 e. The molecule has 0 bridgehead atoms. The van der Waals surface area contributed by atoms with Crippen molar-refractivity contribution in [3.8, 4) is 16.9 Å². The van der Waals surface area contributed by atoms with Gasteiger partial charge in [-0.05, 0) is 72.1 Å². The van der Waals surface area contributed by atoms with E-state index >= 15 is 0 Å². The first kappa shape index (κ1) is 28.1. The number of nitrogens with two attached hydrogens (primary N) is 1. The third-order valence-corrected chi connectivity index (χ3v) is 7.49. The molecule has 0 unspecified atom stereocenters.